The Morgan fingerprint density at radius 3 is 2.26 bits per heavy atom. The Bertz CT molecular complexity index is 952. The summed E-state index contributed by atoms with van der Waals surface area (Å²) in [6.45, 7) is 4.20. The van der Waals surface area contributed by atoms with E-state index >= 15 is 0 Å². The minimum atomic E-state index is -0.539. The second-order valence-corrected chi connectivity index (χ2v) is 8.11. The lowest BCUT2D eigenvalue weighted by molar-refractivity contribution is -0.118. The molecule has 0 aromatic heterocycles. The van der Waals surface area contributed by atoms with Crippen molar-refractivity contribution in [1.82, 2.24) is 5.32 Å². The monoisotopic (exact) mass is 357 g/mol. The van der Waals surface area contributed by atoms with Crippen molar-refractivity contribution in [3.8, 4) is 0 Å². The molecule has 1 aliphatic heterocycles. The summed E-state index contributed by atoms with van der Waals surface area (Å²) in [6, 6.07) is 19.2. The molecule has 0 saturated carbocycles. The van der Waals surface area contributed by atoms with Gasteiger partial charge in [-0.3, -0.25) is 9.59 Å². The average molecular weight is 357 g/mol. The fraction of sp³-hybridized carbons (Fsp3) is 0.250. The number of nitrogens with one attached hydrogen (secondary N) is 1. The zero-order valence-electron chi connectivity index (χ0n) is 15.7. The summed E-state index contributed by atoms with van der Waals surface area (Å²) in [4.78, 5) is 26.2. The van der Waals surface area contributed by atoms with E-state index in [9.17, 15) is 9.59 Å². The lowest BCUT2D eigenvalue weighted by atomic mass is 9.70. The highest BCUT2D eigenvalue weighted by Gasteiger charge is 2.40. The van der Waals surface area contributed by atoms with E-state index in [0.717, 1.165) is 23.4 Å². The number of allylic oxidation sites excluding steroid dienone is 3. The topological polar surface area (TPSA) is 46.2 Å². The van der Waals surface area contributed by atoms with Gasteiger partial charge in [-0.25, -0.2) is 0 Å². The fourth-order valence-electron chi connectivity index (χ4n) is 4.04. The van der Waals surface area contributed by atoms with Gasteiger partial charge in [0.25, 0.3) is 0 Å². The summed E-state index contributed by atoms with van der Waals surface area (Å²) in [7, 11) is 0. The number of dihydropyridines is 1. The molecule has 1 atom stereocenters. The molecule has 0 spiro atoms. The molecular formula is C24H23NO2. The van der Waals surface area contributed by atoms with Crippen molar-refractivity contribution in [1.29, 1.82) is 0 Å². The highest BCUT2D eigenvalue weighted by molar-refractivity contribution is 6.10. The fourth-order valence-corrected chi connectivity index (χ4v) is 4.04. The maximum Gasteiger partial charge on any atom is 0.174 e. The number of hydrogen-bond donors (Lipinski definition) is 1. The third-order valence-corrected chi connectivity index (χ3v) is 5.28. The number of hydrogen-bond acceptors (Lipinski definition) is 3. The zero-order valence-corrected chi connectivity index (χ0v) is 15.7. The standard InChI is InChI=1S/C24H23NO2/c1-24(2)14-20-22(21(26)15-24)18(23(27)17-11-7-4-8-12-17)13-19(25-20)16-9-5-3-6-10-16/h3-13,18,25H,14-15H2,1-2H3. The van der Waals surface area contributed by atoms with Crippen molar-refractivity contribution in [3.05, 3.63) is 89.1 Å². The molecule has 0 bridgehead atoms. The van der Waals surface area contributed by atoms with Crippen LogP contribution in [0.2, 0.25) is 0 Å². The number of Topliss-reactive ketones (excluding diaryl/α,β-unsaturated/α-hetero) is 2. The number of benzene rings is 2. The molecule has 0 fully saturated rings. The highest BCUT2D eigenvalue weighted by atomic mass is 16.1. The molecule has 1 heterocycles. The SMILES string of the molecule is CC1(C)CC(=O)C2=C(C1)NC(c1ccccc1)=CC2C(=O)c1ccccc1. The summed E-state index contributed by atoms with van der Waals surface area (Å²) in [6.07, 6.45) is 3.15. The first kappa shape index (κ1) is 17.5. The summed E-state index contributed by atoms with van der Waals surface area (Å²) < 4.78 is 0. The summed E-state index contributed by atoms with van der Waals surface area (Å²) >= 11 is 0. The quantitative estimate of drug-likeness (QED) is 0.805. The van der Waals surface area contributed by atoms with Crippen LogP contribution in [-0.2, 0) is 4.79 Å². The van der Waals surface area contributed by atoms with Crippen molar-refractivity contribution >= 4 is 17.3 Å². The van der Waals surface area contributed by atoms with E-state index in [-0.39, 0.29) is 17.0 Å². The Balaban J connectivity index is 1.82. The summed E-state index contributed by atoms with van der Waals surface area (Å²) in [5, 5.41) is 3.46. The van der Waals surface area contributed by atoms with Crippen molar-refractivity contribution < 1.29 is 9.59 Å². The first-order valence-electron chi connectivity index (χ1n) is 9.34. The lowest BCUT2D eigenvalue weighted by Crippen LogP contribution is -2.38. The van der Waals surface area contributed by atoms with Crippen LogP contribution >= 0.6 is 0 Å². The van der Waals surface area contributed by atoms with Gasteiger partial charge in [0.05, 0.1) is 5.92 Å². The zero-order chi connectivity index (χ0) is 19.0. The van der Waals surface area contributed by atoms with Crippen LogP contribution < -0.4 is 5.32 Å². The van der Waals surface area contributed by atoms with Crippen LogP contribution in [0.1, 0.15) is 42.6 Å². The smallest absolute Gasteiger partial charge is 0.174 e. The largest absolute Gasteiger partial charge is 0.358 e. The van der Waals surface area contributed by atoms with Crippen molar-refractivity contribution in [2.75, 3.05) is 0 Å². The first-order chi connectivity index (χ1) is 12.9. The normalized spacial score (nSPS) is 21.2. The maximum absolute atomic E-state index is 13.3. The van der Waals surface area contributed by atoms with Crippen molar-refractivity contribution in [3.63, 3.8) is 0 Å². The molecule has 0 radical (unpaired) electrons. The molecule has 3 nitrogen and oxygen atoms in total. The molecule has 4 rings (SSSR count). The van der Waals surface area contributed by atoms with E-state index < -0.39 is 5.92 Å². The lowest BCUT2D eigenvalue weighted by Gasteiger charge is -2.37. The van der Waals surface area contributed by atoms with Crippen LogP contribution in [0.5, 0.6) is 0 Å². The van der Waals surface area contributed by atoms with Gasteiger partial charge in [-0.15, -0.1) is 0 Å². The molecule has 1 aliphatic carbocycles. The Hall–Kier alpha value is -2.94. The van der Waals surface area contributed by atoms with Crippen LogP contribution in [0.15, 0.2) is 78.0 Å². The molecule has 3 heteroatoms. The Morgan fingerprint density at radius 1 is 0.963 bits per heavy atom. The van der Waals surface area contributed by atoms with Gasteiger partial charge >= 0.3 is 0 Å². The van der Waals surface area contributed by atoms with Crippen molar-refractivity contribution in [2.45, 2.75) is 26.7 Å². The van der Waals surface area contributed by atoms with Crippen LogP contribution in [0.3, 0.4) is 0 Å². The molecule has 0 amide bonds. The van der Waals surface area contributed by atoms with E-state index in [2.05, 4.69) is 19.2 Å². The van der Waals surface area contributed by atoms with E-state index in [0.29, 0.717) is 17.6 Å². The number of rotatable bonds is 3. The van der Waals surface area contributed by atoms with E-state index in [1.165, 1.54) is 0 Å². The predicted octanol–water partition coefficient (Wildman–Crippen LogP) is 4.77. The second-order valence-electron chi connectivity index (χ2n) is 8.11. The molecule has 27 heavy (non-hydrogen) atoms. The van der Waals surface area contributed by atoms with Gasteiger partial charge in [0.1, 0.15) is 0 Å². The predicted molar refractivity (Wildman–Crippen MR) is 107 cm³/mol. The first-order valence-corrected chi connectivity index (χ1v) is 9.34. The Labute approximate surface area is 159 Å². The number of carbonyl (C=O) groups is 2. The molecular weight excluding hydrogens is 334 g/mol. The van der Waals surface area contributed by atoms with Gasteiger partial charge in [-0.1, -0.05) is 74.5 Å². The molecule has 2 aromatic carbocycles. The van der Waals surface area contributed by atoms with Crippen LogP contribution in [-0.4, -0.2) is 11.6 Å². The molecule has 136 valence electrons. The third-order valence-electron chi connectivity index (χ3n) is 5.28. The number of carbonyl (C=O) groups excluding carboxylic acids is 2. The molecule has 2 aromatic rings. The molecule has 1 N–H and O–H groups in total. The van der Waals surface area contributed by atoms with Gasteiger partial charge in [-0.2, -0.15) is 0 Å². The van der Waals surface area contributed by atoms with E-state index in [1.54, 1.807) is 0 Å². The van der Waals surface area contributed by atoms with Gasteiger partial charge < -0.3 is 5.32 Å². The minimum Gasteiger partial charge on any atom is -0.358 e. The van der Waals surface area contributed by atoms with Crippen LogP contribution in [0.4, 0.5) is 0 Å². The average Bonchev–Trinajstić information content (AvgIpc) is 2.67. The van der Waals surface area contributed by atoms with Gasteiger partial charge in [0.2, 0.25) is 0 Å². The number of ketones is 2. The van der Waals surface area contributed by atoms with E-state index in [4.69, 9.17) is 0 Å². The molecule has 1 unspecified atom stereocenters. The third kappa shape index (κ3) is 3.37. The van der Waals surface area contributed by atoms with Crippen molar-refractivity contribution in [2.24, 2.45) is 11.3 Å². The van der Waals surface area contributed by atoms with E-state index in [1.807, 2.05) is 66.7 Å². The molecule has 2 aliphatic rings. The van der Waals surface area contributed by atoms with Gasteiger partial charge in [-0.05, 0) is 23.5 Å². The second kappa shape index (κ2) is 6.66. The minimum absolute atomic E-state index is 0.0221. The summed E-state index contributed by atoms with van der Waals surface area (Å²) in [5.41, 5.74) is 3.98. The Morgan fingerprint density at radius 2 is 1.59 bits per heavy atom. The highest BCUT2D eigenvalue weighted by Crippen LogP contribution is 2.42. The van der Waals surface area contributed by atoms with Crippen LogP contribution in [0.25, 0.3) is 5.70 Å². The van der Waals surface area contributed by atoms with Crippen LogP contribution in [0, 0.1) is 11.3 Å². The molecule has 0 saturated heterocycles. The Kier molecular flexibility index (Phi) is 4.31. The van der Waals surface area contributed by atoms with Gasteiger partial charge in [0, 0.05) is 29.0 Å². The summed E-state index contributed by atoms with van der Waals surface area (Å²) in [5.74, 6) is -0.486. The van der Waals surface area contributed by atoms with Gasteiger partial charge in [0.15, 0.2) is 11.6 Å². The maximum atomic E-state index is 13.3.